The summed E-state index contributed by atoms with van der Waals surface area (Å²) in [7, 11) is 0. The molecule has 2 atom stereocenters. The number of nitrogens with one attached hydrogen (secondary N) is 2. The minimum Gasteiger partial charge on any atom is -0.396 e. The van der Waals surface area contributed by atoms with Gasteiger partial charge in [-0.3, -0.25) is 0 Å². The molecule has 0 aromatic heterocycles. The third-order valence-corrected chi connectivity index (χ3v) is 3.67. The Balaban J connectivity index is 2.21. The Kier molecular flexibility index (Phi) is 8.58. The van der Waals surface area contributed by atoms with Gasteiger partial charge in [-0.05, 0) is 26.2 Å². The number of hydrogen-bond donors (Lipinski definition) is 3. The first-order chi connectivity index (χ1) is 9.27. The van der Waals surface area contributed by atoms with Crippen molar-refractivity contribution in [3.8, 4) is 0 Å². The molecule has 1 fully saturated rings. The van der Waals surface area contributed by atoms with E-state index in [9.17, 15) is 9.90 Å². The summed E-state index contributed by atoms with van der Waals surface area (Å²) in [5.74, 6) is 0.205. The summed E-state index contributed by atoms with van der Waals surface area (Å²) in [4.78, 5) is 11.8. The average Bonchev–Trinajstić information content (AvgIpc) is 2.63. The summed E-state index contributed by atoms with van der Waals surface area (Å²) >= 11 is 0. The maximum atomic E-state index is 11.8. The molecule has 0 aromatic carbocycles. The lowest BCUT2D eigenvalue weighted by atomic mass is 9.96. The zero-order valence-electron chi connectivity index (χ0n) is 12.0. The maximum Gasteiger partial charge on any atom is 0.315 e. The second-order valence-corrected chi connectivity index (χ2v) is 5.14. The summed E-state index contributed by atoms with van der Waals surface area (Å²) in [5, 5.41) is 15.2. The third-order valence-electron chi connectivity index (χ3n) is 3.67. The van der Waals surface area contributed by atoms with Gasteiger partial charge in [0.25, 0.3) is 0 Å². The Hall–Kier alpha value is -0.810. The fraction of sp³-hybridized carbons (Fsp3) is 0.929. The van der Waals surface area contributed by atoms with Crippen LogP contribution in [0.25, 0.3) is 0 Å². The van der Waals surface area contributed by atoms with Crippen LogP contribution in [0.2, 0.25) is 0 Å². The number of ether oxygens (including phenoxy) is 1. The fourth-order valence-electron chi connectivity index (χ4n) is 2.53. The number of carbonyl (C=O) groups is 1. The van der Waals surface area contributed by atoms with Gasteiger partial charge in [-0.2, -0.15) is 0 Å². The van der Waals surface area contributed by atoms with Gasteiger partial charge in [-0.15, -0.1) is 0 Å². The second-order valence-electron chi connectivity index (χ2n) is 5.14. The van der Waals surface area contributed by atoms with Gasteiger partial charge < -0.3 is 20.5 Å². The highest BCUT2D eigenvalue weighted by atomic mass is 16.5. The fourth-order valence-corrected chi connectivity index (χ4v) is 2.53. The molecule has 0 aliphatic heterocycles. The first-order valence-electron chi connectivity index (χ1n) is 7.51. The molecule has 19 heavy (non-hydrogen) atoms. The first kappa shape index (κ1) is 16.2. The smallest absolute Gasteiger partial charge is 0.315 e. The van der Waals surface area contributed by atoms with E-state index in [1.165, 1.54) is 6.42 Å². The molecule has 0 aromatic rings. The molecule has 1 aliphatic carbocycles. The number of amides is 2. The molecular weight excluding hydrogens is 244 g/mol. The van der Waals surface area contributed by atoms with E-state index >= 15 is 0 Å². The van der Waals surface area contributed by atoms with Gasteiger partial charge in [-0.1, -0.05) is 19.3 Å². The highest BCUT2D eigenvalue weighted by Gasteiger charge is 2.24. The predicted octanol–water partition coefficient (Wildman–Crippen LogP) is 1.65. The van der Waals surface area contributed by atoms with Crippen LogP contribution >= 0.6 is 0 Å². The number of rotatable bonds is 7. The minimum atomic E-state index is -0.123. The zero-order valence-corrected chi connectivity index (χ0v) is 12.0. The van der Waals surface area contributed by atoms with Gasteiger partial charge in [0.2, 0.25) is 0 Å². The molecule has 2 amide bonds. The van der Waals surface area contributed by atoms with Gasteiger partial charge in [0.1, 0.15) is 0 Å². The average molecular weight is 272 g/mol. The largest absolute Gasteiger partial charge is 0.396 e. The van der Waals surface area contributed by atoms with Gasteiger partial charge in [0.05, 0.1) is 0 Å². The normalized spacial score (nSPS) is 23.7. The van der Waals surface area contributed by atoms with Crippen LogP contribution in [0.5, 0.6) is 0 Å². The van der Waals surface area contributed by atoms with Crippen LogP contribution in [0, 0.1) is 5.92 Å². The van der Waals surface area contributed by atoms with Gasteiger partial charge in [-0.25, -0.2) is 4.79 Å². The van der Waals surface area contributed by atoms with Crippen molar-refractivity contribution in [1.82, 2.24) is 10.6 Å². The highest BCUT2D eigenvalue weighted by molar-refractivity contribution is 5.74. The summed E-state index contributed by atoms with van der Waals surface area (Å²) in [6.45, 7) is 4.14. The van der Waals surface area contributed by atoms with Crippen LogP contribution in [0.4, 0.5) is 4.79 Å². The molecule has 0 spiro atoms. The van der Waals surface area contributed by atoms with Crippen LogP contribution in [0.15, 0.2) is 0 Å². The topological polar surface area (TPSA) is 70.6 Å². The van der Waals surface area contributed by atoms with E-state index in [2.05, 4.69) is 10.6 Å². The molecule has 0 radical (unpaired) electrons. The second kappa shape index (κ2) is 10.0. The van der Waals surface area contributed by atoms with Gasteiger partial charge in [0.15, 0.2) is 0 Å². The van der Waals surface area contributed by atoms with E-state index in [1.54, 1.807) is 0 Å². The van der Waals surface area contributed by atoms with Crippen LogP contribution < -0.4 is 10.6 Å². The molecule has 5 heteroatoms. The summed E-state index contributed by atoms with van der Waals surface area (Å²) in [5.41, 5.74) is 0. The lowest BCUT2D eigenvalue weighted by Crippen LogP contribution is -2.46. The molecule has 2 unspecified atom stereocenters. The van der Waals surface area contributed by atoms with Crippen molar-refractivity contribution in [2.24, 2.45) is 5.92 Å². The van der Waals surface area contributed by atoms with Crippen LogP contribution in [0.1, 0.15) is 45.4 Å². The molecule has 112 valence electrons. The Morgan fingerprint density at radius 1 is 1.32 bits per heavy atom. The van der Waals surface area contributed by atoms with Gasteiger partial charge in [0, 0.05) is 38.3 Å². The monoisotopic (exact) mass is 272 g/mol. The van der Waals surface area contributed by atoms with E-state index in [1.807, 2.05) is 6.92 Å². The third kappa shape index (κ3) is 6.78. The molecule has 1 rings (SSSR count). The number of hydrogen-bond acceptors (Lipinski definition) is 3. The SMILES string of the molecule is CCOCCCNC(=O)NC1CCCCCC1CO. The van der Waals surface area contributed by atoms with E-state index < -0.39 is 0 Å². The van der Waals surface area contributed by atoms with E-state index in [4.69, 9.17) is 4.74 Å². The summed E-state index contributed by atoms with van der Waals surface area (Å²) in [6, 6.07) is -0.0127. The number of aliphatic hydroxyl groups is 1. The molecular formula is C14H28N2O3. The standard InChI is InChI=1S/C14H28N2O3/c1-2-19-10-6-9-15-14(18)16-13-8-5-3-4-7-12(13)11-17/h12-13,17H,2-11H2,1H3,(H2,15,16,18). The van der Waals surface area contributed by atoms with Crippen molar-refractivity contribution in [3.05, 3.63) is 0 Å². The Bertz CT molecular complexity index is 249. The number of urea groups is 1. The summed E-state index contributed by atoms with van der Waals surface area (Å²) in [6.07, 6.45) is 6.29. The van der Waals surface area contributed by atoms with Crippen LogP contribution in [0.3, 0.4) is 0 Å². The van der Waals surface area contributed by atoms with Crippen molar-refractivity contribution >= 4 is 6.03 Å². The van der Waals surface area contributed by atoms with Crippen molar-refractivity contribution in [3.63, 3.8) is 0 Å². The Morgan fingerprint density at radius 2 is 2.11 bits per heavy atom. The molecule has 1 aliphatic rings. The van der Waals surface area contributed by atoms with Crippen molar-refractivity contribution in [2.45, 2.75) is 51.5 Å². The molecule has 0 saturated heterocycles. The van der Waals surface area contributed by atoms with Crippen LogP contribution in [-0.2, 0) is 4.74 Å². The van der Waals surface area contributed by atoms with Crippen molar-refractivity contribution < 1.29 is 14.6 Å². The van der Waals surface area contributed by atoms with E-state index in [0.29, 0.717) is 19.8 Å². The van der Waals surface area contributed by atoms with Crippen molar-refractivity contribution in [2.75, 3.05) is 26.4 Å². The lowest BCUT2D eigenvalue weighted by molar-refractivity contribution is 0.144. The number of aliphatic hydroxyl groups excluding tert-OH is 1. The van der Waals surface area contributed by atoms with Crippen LogP contribution in [-0.4, -0.2) is 43.5 Å². The predicted molar refractivity (Wildman–Crippen MR) is 75.1 cm³/mol. The maximum absolute atomic E-state index is 11.8. The highest BCUT2D eigenvalue weighted by Crippen LogP contribution is 2.22. The molecule has 0 bridgehead atoms. The van der Waals surface area contributed by atoms with Gasteiger partial charge >= 0.3 is 6.03 Å². The zero-order chi connectivity index (χ0) is 13.9. The quantitative estimate of drug-likeness (QED) is 0.487. The minimum absolute atomic E-state index is 0.111. The van der Waals surface area contributed by atoms with E-state index in [-0.39, 0.29) is 24.6 Å². The molecule has 3 N–H and O–H groups in total. The number of carbonyl (C=O) groups excluding carboxylic acids is 1. The Labute approximate surface area is 116 Å². The summed E-state index contributed by atoms with van der Waals surface area (Å²) < 4.78 is 5.21. The molecule has 0 heterocycles. The molecule has 1 saturated carbocycles. The van der Waals surface area contributed by atoms with Crippen molar-refractivity contribution in [1.29, 1.82) is 0 Å². The first-order valence-corrected chi connectivity index (χ1v) is 7.51. The molecule has 5 nitrogen and oxygen atoms in total. The Morgan fingerprint density at radius 3 is 2.84 bits per heavy atom. The lowest BCUT2D eigenvalue weighted by Gasteiger charge is -2.24. The van der Waals surface area contributed by atoms with E-state index in [0.717, 1.165) is 32.1 Å².